The first kappa shape index (κ1) is 8.44. The molecule has 1 fully saturated rings. The number of aromatic nitrogens is 2. The third-order valence-electron chi connectivity index (χ3n) is 2.10. The van der Waals surface area contributed by atoms with Crippen LogP contribution in [0.3, 0.4) is 0 Å². The molecule has 1 atom stereocenters. The molecule has 70 valence electrons. The van der Waals surface area contributed by atoms with Gasteiger partial charge in [-0.15, -0.1) is 0 Å². The lowest BCUT2D eigenvalue weighted by atomic mass is 10.3. The van der Waals surface area contributed by atoms with Gasteiger partial charge in [0.15, 0.2) is 0 Å². The number of nitrogens with zero attached hydrogens (tertiary/aromatic N) is 2. The SMILES string of the molecule is CCc1cc(=O)n(C[C@H]2CO2)cn1. The summed E-state index contributed by atoms with van der Waals surface area (Å²) >= 11 is 0. The van der Waals surface area contributed by atoms with Gasteiger partial charge in [-0.3, -0.25) is 9.36 Å². The van der Waals surface area contributed by atoms with Gasteiger partial charge in [0.2, 0.25) is 0 Å². The Labute approximate surface area is 76.2 Å². The van der Waals surface area contributed by atoms with Gasteiger partial charge in [0, 0.05) is 11.8 Å². The Morgan fingerprint density at radius 3 is 3.08 bits per heavy atom. The second-order valence-corrected chi connectivity index (χ2v) is 3.18. The predicted octanol–water partition coefficient (Wildman–Crippen LogP) is 0.205. The quantitative estimate of drug-likeness (QED) is 0.624. The number of rotatable bonds is 3. The van der Waals surface area contributed by atoms with Crippen molar-refractivity contribution in [2.24, 2.45) is 0 Å². The number of hydrogen-bond donors (Lipinski definition) is 0. The van der Waals surface area contributed by atoms with Gasteiger partial charge in [-0.25, -0.2) is 4.98 Å². The lowest BCUT2D eigenvalue weighted by Gasteiger charge is -2.02. The third-order valence-corrected chi connectivity index (χ3v) is 2.10. The zero-order valence-corrected chi connectivity index (χ0v) is 7.56. The summed E-state index contributed by atoms with van der Waals surface area (Å²) in [6.45, 7) is 3.38. The fraction of sp³-hybridized carbons (Fsp3) is 0.556. The summed E-state index contributed by atoms with van der Waals surface area (Å²) in [6.07, 6.45) is 2.63. The third kappa shape index (κ3) is 1.95. The smallest absolute Gasteiger partial charge is 0.253 e. The van der Waals surface area contributed by atoms with Gasteiger partial charge in [-0.1, -0.05) is 6.92 Å². The first-order chi connectivity index (χ1) is 6.29. The number of epoxide rings is 1. The van der Waals surface area contributed by atoms with Gasteiger partial charge in [-0.2, -0.15) is 0 Å². The van der Waals surface area contributed by atoms with Gasteiger partial charge < -0.3 is 4.74 Å². The van der Waals surface area contributed by atoms with E-state index in [1.165, 1.54) is 0 Å². The van der Waals surface area contributed by atoms with E-state index < -0.39 is 0 Å². The lowest BCUT2D eigenvalue weighted by Crippen LogP contribution is -2.22. The number of aryl methyl sites for hydroxylation is 1. The number of ether oxygens (including phenoxy) is 1. The molecular formula is C9H12N2O2. The summed E-state index contributed by atoms with van der Waals surface area (Å²) in [6, 6.07) is 1.59. The van der Waals surface area contributed by atoms with Gasteiger partial charge >= 0.3 is 0 Å². The van der Waals surface area contributed by atoms with Crippen LogP contribution in [0.5, 0.6) is 0 Å². The van der Waals surface area contributed by atoms with Crippen molar-refractivity contribution in [1.29, 1.82) is 0 Å². The van der Waals surface area contributed by atoms with Crippen LogP contribution < -0.4 is 5.56 Å². The van der Waals surface area contributed by atoms with E-state index in [4.69, 9.17) is 4.74 Å². The maximum absolute atomic E-state index is 11.4. The molecule has 2 heterocycles. The Hall–Kier alpha value is -1.16. The van der Waals surface area contributed by atoms with Crippen molar-refractivity contribution < 1.29 is 4.74 Å². The van der Waals surface area contributed by atoms with Crippen LogP contribution in [0.25, 0.3) is 0 Å². The van der Waals surface area contributed by atoms with Gasteiger partial charge in [0.05, 0.1) is 25.6 Å². The van der Waals surface area contributed by atoms with Crippen molar-refractivity contribution in [3.8, 4) is 0 Å². The lowest BCUT2D eigenvalue weighted by molar-refractivity contribution is 0.379. The second kappa shape index (κ2) is 3.30. The van der Waals surface area contributed by atoms with Crippen molar-refractivity contribution in [3.63, 3.8) is 0 Å². The largest absolute Gasteiger partial charge is 0.371 e. The molecule has 0 bridgehead atoms. The molecule has 1 saturated heterocycles. The van der Waals surface area contributed by atoms with Crippen LogP contribution in [0.4, 0.5) is 0 Å². The van der Waals surface area contributed by atoms with Gasteiger partial charge in [0.1, 0.15) is 0 Å². The molecule has 1 aliphatic heterocycles. The van der Waals surface area contributed by atoms with Crippen LogP contribution in [0.2, 0.25) is 0 Å². The Balaban J connectivity index is 2.20. The second-order valence-electron chi connectivity index (χ2n) is 3.18. The molecule has 0 unspecified atom stereocenters. The molecule has 1 aromatic heterocycles. The standard InChI is InChI=1S/C9H12N2O2/c1-2-7-3-9(12)11(6-10-7)4-8-5-13-8/h3,6,8H,2,4-5H2,1H3/t8-/m0/s1. The van der Waals surface area contributed by atoms with Crippen molar-refractivity contribution >= 4 is 0 Å². The Kier molecular flexibility index (Phi) is 2.14. The van der Waals surface area contributed by atoms with E-state index in [0.29, 0.717) is 6.54 Å². The first-order valence-electron chi connectivity index (χ1n) is 4.46. The van der Waals surface area contributed by atoms with Crippen LogP contribution in [0.15, 0.2) is 17.2 Å². The fourth-order valence-corrected chi connectivity index (χ4v) is 1.19. The van der Waals surface area contributed by atoms with E-state index in [9.17, 15) is 4.79 Å². The molecule has 0 radical (unpaired) electrons. The zero-order valence-electron chi connectivity index (χ0n) is 7.56. The first-order valence-corrected chi connectivity index (χ1v) is 4.46. The van der Waals surface area contributed by atoms with Gasteiger partial charge in [-0.05, 0) is 6.42 Å². The van der Waals surface area contributed by atoms with Crippen LogP contribution in [-0.4, -0.2) is 22.3 Å². The van der Waals surface area contributed by atoms with Crippen molar-refractivity contribution in [2.45, 2.75) is 26.0 Å². The molecule has 13 heavy (non-hydrogen) atoms. The molecule has 1 aromatic rings. The molecule has 0 aromatic carbocycles. The minimum atomic E-state index is 0.0161. The van der Waals surface area contributed by atoms with Crippen LogP contribution in [0, 0.1) is 0 Å². The van der Waals surface area contributed by atoms with Crippen LogP contribution >= 0.6 is 0 Å². The van der Waals surface area contributed by atoms with E-state index in [1.54, 1.807) is 17.0 Å². The maximum Gasteiger partial charge on any atom is 0.253 e. The van der Waals surface area contributed by atoms with Crippen molar-refractivity contribution in [1.82, 2.24) is 9.55 Å². The summed E-state index contributed by atoms with van der Waals surface area (Å²) in [5.41, 5.74) is 0.861. The van der Waals surface area contributed by atoms with E-state index in [2.05, 4.69) is 4.98 Å². The van der Waals surface area contributed by atoms with E-state index >= 15 is 0 Å². The summed E-state index contributed by atoms with van der Waals surface area (Å²) in [4.78, 5) is 15.6. The van der Waals surface area contributed by atoms with Crippen molar-refractivity contribution in [2.75, 3.05) is 6.61 Å². The molecule has 4 nitrogen and oxygen atoms in total. The highest BCUT2D eigenvalue weighted by Crippen LogP contribution is 2.09. The monoisotopic (exact) mass is 180 g/mol. The fourth-order valence-electron chi connectivity index (χ4n) is 1.19. The molecule has 1 aliphatic rings. The van der Waals surface area contributed by atoms with E-state index in [0.717, 1.165) is 18.7 Å². The average Bonchev–Trinajstić information content (AvgIpc) is 2.92. The molecule has 0 aliphatic carbocycles. The Morgan fingerprint density at radius 1 is 1.77 bits per heavy atom. The normalized spacial score (nSPS) is 20.2. The highest BCUT2D eigenvalue weighted by molar-refractivity contribution is 4.99. The Bertz CT molecular complexity index is 355. The maximum atomic E-state index is 11.4. The van der Waals surface area contributed by atoms with Gasteiger partial charge in [0.25, 0.3) is 5.56 Å². The molecular weight excluding hydrogens is 168 g/mol. The molecule has 0 spiro atoms. The molecule has 4 heteroatoms. The average molecular weight is 180 g/mol. The van der Waals surface area contributed by atoms with Crippen LogP contribution in [0.1, 0.15) is 12.6 Å². The summed E-state index contributed by atoms with van der Waals surface area (Å²) < 4.78 is 6.63. The Morgan fingerprint density at radius 2 is 2.54 bits per heavy atom. The highest BCUT2D eigenvalue weighted by Gasteiger charge is 2.23. The minimum Gasteiger partial charge on any atom is -0.371 e. The summed E-state index contributed by atoms with van der Waals surface area (Å²) in [5, 5.41) is 0. The summed E-state index contributed by atoms with van der Waals surface area (Å²) in [5.74, 6) is 0. The summed E-state index contributed by atoms with van der Waals surface area (Å²) in [7, 11) is 0. The van der Waals surface area contributed by atoms with E-state index in [-0.39, 0.29) is 11.7 Å². The molecule has 0 saturated carbocycles. The highest BCUT2D eigenvalue weighted by atomic mass is 16.6. The molecule has 0 amide bonds. The molecule has 0 N–H and O–H groups in total. The topological polar surface area (TPSA) is 47.4 Å². The predicted molar refractivity (Wildman–Crippen MR) is 47.6 cm³/mol. The van der Waals surface area contributed by atoms with E-state index in [1.807, 2.05) is 6.92 Å². The van der Waals surface area contributed by atoms with Crippen molar-refractivity contribution in [3.05, 3.63) is 28.4 Å². The molecule has 2 rings (SSSR count). The minimum absolute atomic E-state index is 0.0161. The zero-order chi connectivity index (χ0) is 9.26. The number of hydrogen-bond acceptors (Lipinski definition) is 3. The van der Waals surface area contributed by atoms with Crippen LogP contribution in [-0.2, 0) is 17.7 Å².